The van der Waals surface area contributed by atoms with Crippen molar-refractivity contribution in [2.45, 2.75) is 30.0 Å². The second-order valence-corrected chi connectivity index (χ2v) is 8.31. The van der Waals surface area contributed by atoms with Crippen LogP contribution < -0.4 is 5.73 Å². The van der Waals surface area contributed by atoms with Gasteiger partial charge in [-0.05, 0) is 19.1 Å². The standard InChI is InChI=1S/C12H17ClN2O2S2/c1-8-9(2)18-7-6-15(8)19(16,17)12-10(13)4-3-5-11(12)14/h3-5,8-9H,6-7,14H2,1-2H3. The maximum absolute atomic E-state index is 12.7. The summed E-state index contributed by atoms with van der Waals surface area (Å²) < 4.78 is 27.0. The summed E-state index contributed by atoms with van der Waals surface area (Å²) in [6, 6.07) is 4.69. The maximum Gasteiger partial charge on any atom is 0.246 e. The van der Waals surface area contributed by atoms with Gasteiger partial charge in [-0.2, -0.15) is 16.1 Å². The highest BCUT2D eigenvalue weighted by molar-refractivity contribution is 8.00. The van der Waals surface area contributed by atoms with Gasteiger partial charge in [-0.15, -0.1) is 0 Å². The Balaban J connectivity index is 2.48. The van der Waals surface area contributed by atoms with Gasteiger partial charge in [0.15, 0.2) is 0 Å². The minimum atomic E-state index is -3.64. The molecule has 1 heterocycles. The molecule has 1 aliphatic heterocycles. The molecule has 0 spiro atoms. The summed E-state index contributed by atoms with van der Waals surface area (Å²) >= 11 is 7.81. The number of anilines is 1. The van der Waals surface area contributed by atoms with E-state index in [9.17, 15) is 8.42 Å². The first kappa shape index (κ1) is 15.0. The lowest BCUT2D eigenvalue weighted by molar-refractivity contribution is 0.340. The largest absolute Gasteiger partial charge is 0.398 e. The molecule has 2 rings (SSSR count). The Hall–Kier alpha value is -0.430. The first-order valence-corrected chi connectivity index (χ1v) is 8.90. The fourth-order valence-electron chi connectivity index (χ4n) is 2.16. The number of hydrogen-bond donors (Lipinski definition) is 1. The third-order valence-electron chi connectivity index (χ3n) is 3.39. The molecule has 0 radical (unpaired) electrons. The summed E-state index contributed by atoms with van der Waals surface area (Å²) in [5, 5.41) is 0.435. The van der Waals surface area contributed by atoms with E-state index in [-0.39, 0.29) is 26.9 Å². The highest BCUT2D eigenvalue weighted by Crippen LogP contribution is 2.34. The van der Waals surface area contributed by atoms with Crippen molar-refractivity contribution in [3.63, 3.8) is 0 Å². The normalized spacial score (nSPS) is 25.4. The van der Waals surface area contributed by atoms with Crippen molar-refractivity contribution in [2.75, 3.05) is 18.0 Å². The van der Waals surface area contributed by atoms with Gasteiger partial charge in [0.1, 0.15) is 4.90 Å². The predicted octanol–water partition coefficient (Wildman–Crippen LogP) is 2.44. The van der Waals surface area contributed by atoms with Crippen molar-refractivity contribution in [1.29, 1.82) is 0 Å². The molecule has 1 aromatic carbocycles. The minimum absolute atomic E-state index is 0.0302. The third-order valence-corrected chi connectivity index (χ3v) is 7.26. The van der Waals surface area contributed by atoms with E-state index in [2.05, 4.69) is 0 Å². The molecule has 1 aliphatic rings. The van der Waals surface area contributed by atoms with Gasteiger partial charge in [-0.25, -0.2) is 8.42 Å². The van der Waals surface area contributed by atoms with E-state index in [0.717, 1.165) is 5.75 Å². The fourth-order valence-corrected chi connectivity index (χ4v) is 5.79. The van der Waals surface area contributed by atoms with E-state index in [4.69, 9.17) is 17.3 Å². The van der Waals surface area contributed by atoms with Crippen molar-refractivity contribution >= 4 is 39.1 Å². The number of sulfonamides is 1. The zero-order valence-corrected chi connectivity index (χ0v) is 13.2. The molecule has 2 N–H and O–H groups in total. The fraction of sp³-hybridized carbons (Fsp3) is 0.500. The molecule has 1 aromatic rings. The summed E-state index contributed by atoms with van der Waals surface area (Å²) in [7, 11) is -3.64. The van der Waals surface area contributed by atoms with Crippen LogP contribution in [0.1, 0.15) is 13.8 Å². The summed E-state index contributed by atoms with van der Waals surface area (Å²) in [6.07, 6.45) is 0. The van der Waals surface area contributed by atoms with Gasteiger partial charge in [0, 0.05) is 23.6 Å². The van der Waals surface area contributed by atoms with Crippen molar-refractivity contribution < 1.29 is 8.42 Å². The van der Waals surface area contributed by atoms with Crippen LogP contribution in [0, 0.1) is 0 Å². The average Bonchev–Trinajstić information content (AvgIpc) is 2.32. The molecule has 4 nitrogen and oxygen atoms in total. The second kappa shape index (κ2) is 5.52. The molecule has 7 heteroatoms. The molecule has 0 aromatic heterocycles. The number of thioether (sulfide) groups is 1. The number of nitrogen functional groups attached to an aromatic ring is 1. The Labute approximate surface area is 123 Å². The number of nitrogens with zero attached hydrogens (tertiary/aromatic N) is 1. The van der Waals surface area contributed by atoms with Gasteiger partial charge in [0.25, 0.3) is 0 Å². The Morgan fingerprint density at radius 2 is 2.11 bits per heavy atom. The number of halogens is 1. The molecule has 2 atom stereocenters. The lowest BCUT2D eigenvalue weighted by Crippen LogP contribution is -2.48. The quantitative estimate of drug-likeness (QED) is 0.850. The zero-order chi connectivity index (χ0) is 14.2. The van der Waals surface area contributed by atoms with E-state index < -0.39 is 10.0 Å². The second-order valence-electron chi connectivity index (χ2n) is 4.59. The van der Waals surface area contributed by atoms with Gasteiger partial charge >= 0.3 is 0 Å². The molecular formula is C12H17ClN2O2S2. The SMILES string of the molecule is CC1SCCN(S(=O)(=O)c2c(N)cccc2Cl)C1C. The molecule has 1 saturated heterocycles. The van der Waals surface area contributed by atoms with E-state index in [1.807, 2.05) is 13.8 Å². The van der Waals surface area contributed by atoms with Gasteiger partial charge in [0.2, 0.25) is 10.0 Å². The van der Waals surface area contributed by atoms with Crippen LogP contribution in [0.3, 0.4) is 0 Å². The first-order valence-electron chi connectivity index (χ1n) is 6.03. The molecule has 106 valence electrons. The lowest BCUT2D eigenvalue weighted by Gasteiger charge is -2.36. The van der Waals surface area contributed by atoms with Crippen LogP contribution in [0.25, 0.3) is 0 Å². The summed E-state index contributed by atoms with van der Waals surface area (Å²) in [6.45, 7) is 4.44. The van der Waals surface area contributed by atoms with Gasteiger partial charge < -0.3 is 5.73 Å². The topological polar surface area (TPSA) is 63.4 Å². The molecule has 0 amide bonds. The van der Waals surface area contributed by atoms with Gasteiger partial charge in [0.05, 0.1) is 10.7 Å². The maximum atomic E-state index is 12.7. The van der Waals surface area contributed by atoms with Crippen molar-refractivity contribution in [2.24, 2.45) is 0 Å². The Bertz CT molecular complexity index is 557. The van der Waals surface area contributed by atoms with E-state index in [0.29, 0.717) is 6.54 Å². The Morgan fingerprint density at radius 1 is 1.42 bits per heavy atom. The van der Waals surface area contributed by atoms with E-state index >= 15 is 0 Å². The molecule has 0 aliphatic carbocycles. The molecule has 1 fully saturated rings. The molecule has 0 saturated carbocycles. The summed E-state index contributed by atoms with van der Waals surface area (Å²) in [4.78, 5) is 0.0302. The smallest absolute Gasteiger partial charge is 0.246 e. The van der Waals surface area contributed by atoms with Crippen molar-refractivity contribution in [3.05, 3.63) is 23.2 Å². The molecule has 19 heavy (non-hydrogen) atoms. The van der Waals surface area contributed by atoms with Crippen LogP contribution in [0.2, 0.25) is 5.02 Å². The highest BCUT2D eigenvalue weighted by atomic mass is 35.5. The van der Waals surface area contributed by atoms with Gasteiger partial charge in [-0.3, -0.25) is 0 Å². The molecule has 0 bridgehead atoms. The Kier molecular flexibility index (Phi) is 4.35. The van der Waals surface area contributed by atoms with E-state index in [1.54, 1.807) is 30.0 Å². The third kappa shape index (κ3) is 2.72. The van der Waals surface area contributed by atoms with Crippen LogP contribution in [0.4, 0.5) is 5.69 Å². The van der Waals surface area contributed by atoms with Crippen LogP contribution in [-0.2, 0) is 10.0 Å². The summed E-state index contributed by atoms with van der Waals surface area (Å²) in [5.74, 6) is 0.787. The zero-order valence-electron chi connectivity index (χ0n) is 10.8. The van der Waals surface area contributed by atoms with Crippen LogP contribution in [0.15, 0.2) is 23.1 Å². The number of nitrogens with two attached hydrogens (primary N) is 1. The predicted molar refractivity (Wildman–Crippen MR) is 81.1 cm³/mol. The summed E-state index contributed by atoms with van der Waals surface area (Å²) in [5.41, 5.74) is 6.00. The lowest BCUT2D eigenvalue weighted by atomic mass is 10.2. The number of benzene rings is 1. The number of hydrogen-bond acceptors (Lipinski definition) is 4. The molecule has 2 unspecified atom stereocenters. The highest BCUT2D eigenvalue weighted by Gasteiger charge is 2.36. The van der Waals surface area contributed by atoms with Gasteiger partial charge in [-0.1, -0.05) is 24.6 Å². The van der Waals surface area contributed by atoms with Crippen LogP contribution in [-0.4, -0.2) is 36.3 Å². The first-order chi connectivity index (χ1) is 8.85. The van der Waals surface area contributed by atoms with Crippen LogP contribution >= 0.6 is 23.4 Å². The average molecular weight is 321 g/mol. The number of rotatable bonds is 2. The minimum Gasteiger partial charge on any atom is -0.398 e. The van der Waals surface area contributed by atoms with Crippen molar-refractivity contribution in [3.8, 4) is 0 Å². The Morgan fingerprint density at radius 3 is 2.74 bits per heavy atom. The van der Waals surface area contributed by atoms with Crippen LogP contribution in [0.5, 0.6) is 0 Å². The van der Waals surface area contributed by atoms with E-state index in [1.165, 1.54) is 4.31 Å². The molecular weight excluding hydrogens is 304 g/mol. The monoisotopic (exact) mass is 320 g/mol. The van der Waals surface area contributed by atoms with Crippen molar-refractivity contribution in [1.82, 2.24) is 4.31 Å².